The highest BCUT2D eigenvalue weighted by atomic mass is 32.2. The van der Waals surface area contributed by atoms with Gasteiger partial charge in [-0.25, -0.2) is 9.07 Å². The summed E-state index contributed by atoms with van der Waals surface area (Å²) in [6, 6.07) is 5.97. The van der Waals surface area contributed by atoms with Crippen molar-refractivity contribution < 1.29 is 9.18 Å². The standard InChI is InChI=1S/C12H14FN5OS/c1-8-16-17-12(18(8)14)20-7-11(19)15-6-9-2-4-10(13)5-3-9/h2-5H,6-7,14H2,1H3,(H,15,19). The Labute approximate surface area is 119 Å². The van der Waals surface area contributed by atoms with E-state index >= 15 is 0 Å². The lowest BCUT2D eigenvalue weighted by Crippen LogP contribution is -2.25. The second-order valence-corrected chi connectivity index (χ2v) is 5.03. The molecule has 1 amide bonds. The summed E-state index contributed by atoms with van der Waals surface area (Å²) in [7, 11) is 0. The molecule has 0 aliphatic carbocycles. The predicted octanol–water partition coefficient (Wildman–Crippen LogP) is 0.848. The summed E-state index contributed by atoms with van der Waals surface area (Å²) in [4.78, 5) is 11.7. The predicted molar refractivity (Wildman–Crippen MR) is 73.9 cm³/mol. The Bertz CT molecular complexity index is 598. The van der Waals surface area contributed by atoms with Gasteiger partial charge in [0, 0.05) is 6.54 Å². The molecule has 20 heavy (non-hydrogen) atoms. The van der Waals surface area contributed by atoms with Crippen LogP contribution in [0.3, 0.4) is 0 Å². The Morgan fingerprint density at radius 1 is 1.40 bits per heavy atom. The highest BCUT2D eigenvalue weighted by Gasteiger charge is 2.09. The van der Waals surface area contributed by atoms with Crippen LogP contribution in [0.15, 0.2) is 29.4 Å². The second-order valence-electron chi connectivity index (χ2n) is 4.09. The number of carbonyl (C=O) groups is 1. The van der Waals surface area contributed by atoms with E-state index in [0.29, 0.717) is 17.5 Å². The quantitative estimate of drug-likeness (QED) is 0.631. The van der Waals surface area contributed by atoms with Gasteiger partial charge in [0.25, 0.3) is 0 Å². The fourth-order valence-electron chi connectivity index (χ4n) is 1.43. The van der Waals surface area contributed by atoms with Crippen molar-refractivity contribution in [2.24, 2.45) is 0 Å². The average Bonchev–Trinajstić information content (AvgIpc) is 2.76. The first-order valence-corrected chi connectivity index (χ1v) is 6.86. The summed E-state index contributed by atoms with van der Waals surface area (Å²) < 4.78 is 14.0. The molecule has 0 fully saturated rings. The molecule has 0 spiro atoms. The maximum atomic E-state index is 12.7. The fraction of sp³-hybridized carbons (Fsp3) is 0.250. The minimum atomic E-state index is -0.298. The number of thioether (sulfide) groups is 1. The van der Waals surface area contributed by atoms with Crippen molar-refractivity contribution in [2.75, 3.05) is 11.6 Å². The smallest absolute Gasteiger partial charge is 0.230 e. The number of nitrogens with two attached hydrogens (primary N) is 1. The number of amides is 1. The molecule has 0 bridgehead atoms. The molecule has 0 saturated heterocycles. The molecule has 0 unspecified atom stereocenters. The SMILES string of the molecule is Cc1nnc(SCC(=O)NCc2ccc(F)cc2)n1N. The van der Waals surface area contributed by atoms with Crippen molar-refractivity contribution in [1.29, 1.82) is 0 Å². The van der Waals surface area contributed by atoms with Gasteiger partial charge in [-0.05, 0) is 24.6 Å². The van der Waals surface area contributed by atoms with Crippen LogP contribution in [0.2, 0.25) is 0 Å². The summed E-state index contributed by atoms with van der Waals surface area (Å²) in [5.41, 5.74) is 0.836. The van der Waals surface area contributed by atoms with Crippen LogP contribution in [0.5, 0.6) is 0 Å². The van der Waals surface area contributed by atoms with Crippen molar-refractivity contribution in [3.8, 4) is 0 Å². The van der Waals surface area contributed by atoms with E-state index in [1.54, 1.807) is 19.1 Å². The van der Waals surface area contributed by atoms with Gasteiger partial charge in [0.05, 0.1) is 5.75 Å². The van der Waals surface area contributed by atoms with E-state index in [2.05, 4.69) is 15.5 Å². The average molecular weight is 295 g/mol. The van der Waals surface area contributed by atoms with Crippen molar-refractivity contribution in [3.05, 3.63) is 41.5 Å². The number of benzene rings is 1. The molecule has 2 aromatic rings. The highest BCUT2D eigenvalue weighted by Crippen LogP contribution is 2.13. The monoisotopic (exact) mass is 295 g/mol. The van der Waals surface area contributed by atoms with Gasteiger partial charge in [0.1, 0.15) is 11.6 Å². The van der Waals surface area contributed by atoms with Gasteiger partial charge in [-0.1, -0.05) is 23.9 Å². The number of aromatic nitrogens is 3. The van der Waals surface area contributed by atoms with Gasteiger partial charge in [-0.3, -0.25) is 4.79 Å². The third kappa shape index (κ3) is 3.70. The molecule has 3 N–H and O–H groups in total. The van der Waals surface area contributed by atoms with Gasteiger partial charge in [-0.15, -0.1) is 10.2 Å². The minimum absolute atomic E-state index is 0.153. The number of aryl methyl sites for hydroxylation is 1. The lowest BCUT2D eigenvalue weighted by Gasteiger charge is -2.05. The van der Waals surface area contributed by atoms with E-state index < -0.39 is 0 Å². The molecule has 1 heterocycles. The topological polar surface area (TPSA) is 85.8 Å². The molecular formula is C12H14FN5OS. The number of nitrogens with one attached hydrogen (secondary N) is 1. The van der Waals surface area contributed by atoms with E-state index in [1.165, 1.54) is 28.6 Å². The molecule has 0 aliphatic heterocycles. The lowest BCUT2D eigenvalue weighted by atomic mass is 10.2. The molecule has 8 heteroatoms. The Morgan fingerprint density at radius 2 is 2.10 bits per heavy atom. The van der Waals surface area contributed by atoms with Crippen molar-refractivity contribution >= 4 is 17.7 Å². The number of nitrogen functional groups attached to an aromatic ring is 1. The summed E-state index contributed by atoms with van der Waals surface area (Å²) in [5.74, 6) is 5.99. The molecular weight excluding hydrogens is 281 g/mol. The number of nitrogens with zero attached hydrogens (tertiary/aromatic N) is 3. The summed E-state index contributed by atoms with van der Waals surface area (Å²) >= 11 is 1.21. The zero-order chi connectivity index (χ0) is 14.5. The van der Waals surface area contributed by atoms with Gasteiger partial charge in [-0.2, -0.15) is 0 Å². The summed E-state index contributed by atoms with van der Waals surface area (Å²) in [6.07, 6.45) is 0. The van der Waals surface area contributed by atoms with Crippen LogP contribution in [0.4, 0.5) is 4.39 Å². The molecule has 6 nitrogen and oxygen atoms in total. The first-order chi connectivity index (χ1) is 9.56. The maximum Gasteiger partial charge on any atom is 0.230 e. The van der Waals surface area contributed by atoms with E-state index in [1.807, 2.05) is 0 Å². The number of hydrogen-bond acceptors (Lipinski definition) is 5. The normalized spacial score (nSPS) is 10.5. The van der Waals surface area contributed by atoms with Crippen molar-refractivity contribution in [2.45, 2.75) is 18.6 Å². The van der Waals surface area contributed by atoms with E-state index in [0.717, 1.165) is 5.56 Å². The third-order valence-corrected chi connectivity index (χ3v) is 3.51. The van der Waals surface area contributed by atoms with Crippen LogP contribution in [-0.4, -0.2) is 26.5 Å². The second kappa shape index (κ2) is 6.38. The van der Waals surface area contributed by atoms with Gasteiger partial charge in [0.2, 0.25) is 11.1 Å². The Balaban J connectivity index is 1.78. The Morgan fingerprint density at radius 3 is 2.70 bits per heavy atom. The van der Waals surface area contributed by atoms with E-state index in [-0.39, 0.29) is 17.5 Å². The summed E-state index contributed by atoms with van der Waals surface area (Å²) in [5, 5.41) is 10.9. The zero-order valence-electron chi connectivity index (χ0n) is 10.8. The zero-order valence-corrected chi connectivity index (χ0v) is 11.7. The molecule has 1 aromatic carbocycles. The van der Waals surface area contributed by atoms with Gasteiger partial charge in [0.15, 0.2) is 0 Å². The minimum Gasteiger partial charge on any atom is -0.351 e. The number of hydrogen-bond donors (Lipinski definition) is 2. The molecule has 0 atom stereocenters. The summed E-state index contributed by atoms with van der Waals surface area (Å²) in [6.45, 7) is 2.08. The van der Waals surface area contributed by atoms with Crippen LogP contribution < -0.4 is 11.2 Å². The Hall–Kier alpha value is -2.09. The molecule has 0 aliphatic rings. The molecule has 2 rings (SSSR count). The van der Waals surface area contributed by atoms with Crippen LogP contribution in [0.25, 0.3) is 0 Å². The fourth-order valence-corrected chi connectivity index (χ4v) is 2.16. The largest absolute Gasteiger partial charge is 0.351 e. The Kier molecular flexibility index (Phi) is 4.57. The molecule has 0 radical (unpaired) electrons. The van der Waals surface area contributed by atoms with E-state index in [9.17, 15) is 9.18 Å². The first-order valence-electron chi connectivity index (χ1n) is 5.87. The van der Waals surface area contributed by atoms with Crippen LogP contribution >= 0.6 is 11.8 Å². The van der Waals surface area contributed by atoms with Crippen LogP contribution in [-0.2, 0) is 11.3 Å². The van der Waals surface area contributed by atoms with Crippen molar-refractivity contribution in [1.82, 2.24) is 20.2 Å². The van der Waals surface area contributed by atoms with E-state index in [4.69, 9.17) is 5.84 Å². The number of carbonyl (C=O) groups excluding carboxylic acids is 1. The van der Waals surface area contributed by atoms with Crippen molar-refractivity contribution in [3.63, 3.8) is 0 Å². The van der Waals surface area contributed by atoms with Crippen LogP contribution in [0, 0.1) is 12.7 Å². The molecule has 0 saturated carbocycles. The van der Waals surface area contributed by atoms with Gasteiger partial charge < -0.3 is 11.2 Å². The van der Waals surface area contributed by atoms with Gasteiger partial charge >= 0.3 is 0 Å². The van der Waals surface area contributed by atoms with Crippen LogP contribution in [0.1, 0.15) is 11.4 Å². The molecule has 1 aromatic heterocycles. The third-order valence-electron chi connectivity index (χ3n) is 2.57. The number of rotatable bonds is 5. The molecule has 106 valence electrons. The lowest BCUT2D eigenvalue weighted by molar-refractivity contribution is -0.118. The maximum absolute atomic E-state index is 12.7. The first kappa shape index (κ1) is 14.3. The number of halogens is 1. The highest BCUT2D eigenvalue weighted by molar-refractivity contribution is 7.99.